The van der Waals surface area contributed by atoms with Crippen molar-refractivity contribution in [2.75, 3.05) is 13.8 Å². The molecule has 1 unspecified atom stereocenters. The SMILES string of the molecule is CNCOC(C)(C)CC(C)CC(C)(C)C(=O)C(C)(C)C. The van der Waals surface area contributed by atoms with Gasteiger partial charge >= 0.3 is 0 Å². The van der Waals surface area contributed by atoms with Crippen LogP contribution in [0.3, 0.4) is 0 Å². The topological polar surface area (TPSA) is 38.3 Å². The lowest BCUT2D eigenvalue weighted by molar-refractivity contribution is -0.136. The van der Waals surface area contributed by atoms with Crippen LogP contribution in [0, 0.1) is 16.7 Å². The molecule has 1 atom stereocenters. The molecule has 0 aromatic rings. The maximum Gasteiger partial charge on any atom is 0.143 e. The van der Waals surface area contributed by atoms with Gasteiger partial charge in [0.15, 0.2) is 0 Å². The Morgan fingerprint density at radius 3 is 1.95 bits per heavy atom. The molecule has 1 N–H and O–H groups in total. The Hall–Kier alpha value is -0.410. The van der Waals surface area contributed by atoms with Gasteiger partial charge in [0.25, 0.3) is 0 Å². The van der Waals surface area contributed by atoms with Crippen molar-refractivity contribution in [2.24, 2.45) is 16.7 Å². The number of nitrogens with one attached hydrogen (secondary N) is 1. The second kappa shape index (κ2) is 7.04. The summed E-state index contributed by atoms with van der Waals surface area (Å²) < 4.78 is 5.80. The smallest absolute Gasteiger partial charge is 0.143 e. The highest BCUT2D eigenvalue weighted by Crippen LogP contribution is 2.36. The third-order valence-electron chi connectivity index (χ3n) is 3.60. The predicted molar refractivity (Wildman–Crippen MR) is 85.7 cm³/mol. The lowest BCUT2D eigenvalue weighted by Crippen LogP contribution is -2.37. The molecule has 0 radical (unpaired) electrons. The minimum absolute atomic E-state index is 0.163. The highest BCUT2D eigenvalue weighted by atomic mass is 16.5. The Morgan fingerprint density at radius 1 is 1.05 bits per heavy atom. The van der Waals surface area contributed by atoms with Gasteiger partial charge in [0.1, 0.15) is 5.78 Å². The molecule has 0 heterocycles. The van der Waals surface area contributed by atoms with Crippen LogP contribution in [-0.2, 0) is 9.53 Å². The van der Waals surface area contributed by atoms with Crippen molar-refractivity contribution in [3.63, 3.8) is 0 Å². The number of hydrogen-bond acceptors (Lipinski definition) is 3. The number of ether oxygens (including phenoxy) is 1. The van der Waals surface area contributed by atoms with E-state index in [1.807, 2.05) is 27.8 Å². The molecule has 0 amide bonds. The van der Waals surface area contributed by atoms with E-state index >= 15 is 0 Å². The first-order valence-electron chi connectivity index (χ1n) is 7.65. The Kier molecular flexibility index (Phi) is 6.89. The van der Waals surface area contributed by atoms with Gasteiger partial charge in [-0.3, -0.25) is 10.1 Å². The van der Waals surface area contributed by atoms with Gasteiger partial charge in [-0.1, -0.05) is 41.5 Å². The average molecular weight is 285 g/mol. The molecule has 0 aliphatic heterocycles. The van der Waals surface area contributed by atoms with Crippen LogP contribution >= 0.6 is 0 Å². The molecule has 0 aliphatic carbocycles. The number of Topliss-reactive ketones (excluding diaryl/α,β-unsaturated/α-hetero) is 1. The van der Waals surface area contributed by atoms with Gasteiger partial charge in [0, 0.05) is 10.8 Å². The maximum absolute atomic E-state index is 12.5. The molecule has 0 aliphatic rings. The zero-order chi connectivity index (χ0) is 16.2. The molecule has 3 nitrogen and oxygen atoms in total. The Morgan fingerprint density at radius 2 is 1.55 bits per heavy atom. The summed E-state index contributed by atoms with van der Waals surface area (Å²) in [6, 6.07) is 0. The normalized spacial score (nSPS) is 15.2. The minimum Gasteiger partial charge on any atom is -0.360 e. The third-order valence-corrected chi connectivity index (χ3v) is 3.60. The second-order valence-corrected chi connectivity index (χ2v) is 8.38. The first-order chi connectivity index (χ1) is 8.82. The van der Waals surface area contributed by atoms with E-state index in [1.54, 1.807) is 0 Å². The van der Waals surface area contributed by atoms with Gasteiger partial charge in [-0.2, -0.15) is 0 Å². The summed E-state index contributed by atoms with van der Waals surface area (Å²) >= 11 is 0. The fraction of sp³-hybridized carbons (Fsp3) is 0.941. The quantitative estimate of drug-likeness (QED) is 0.685. The number of ketones is 1. The summed E-state index contributed by atoms with van der Waals surface area (Å²) in [5.41, 5.74) is -0.721. The number of hydrogen-bond donors (Lipinski definition) is 1. The largest absolute Gasteiger partial charge is 0.360 e. The second-order valence-electron chi connectivity index (χ2n) is 8.38. The lowest BCUT2D eigenvalue weighted by atomic mass is 9.69. The summed E-state index contributed by atoms with van der Waals surface area (Å²) in [5, 5.41) is 3.01. The first kappa shape index (κ1) is 19.6. The Bertz CT molecular complexity index is 313. The van der Waals surface area contributed by atoms with E-state index in [0.29, 0.717) is 18.4 Å². The molecule has 0 saturated heterocycles. The fourth-order valence-corrected chi connectivity index (χ4v) is 3.22. The van der Waals surface area contributed by atoms with Gasteiger partial charge in [0.2, 0.25) is 0 Å². The molecule has 120 valence electrons. The van der Waals surface area contributed by atoms with Crippen LogP contribution in [0.5, 0.6) is 0 Å². The summed E-state index contributed by atoms with van der Waals surface area (Å²) in [5.74, 6) is 0.786. The molecule has 0 saturated carbocycles. The monoisotopic (exact) mass is 285 g/mol. The standard InChI is InChI=1S/C17H35NO2/c1-13(11-17(7,8)20-12-18-9)10-16(5,6)14(19)15(2,3)4/h13,18H,10-12H2,1-9H3. The minimum atomic E-state index is -0.281. The van der Waals surface area contributed by atoms with Crippen LogP contribution in [0.1, 0.15) is 68.2 Å². The van der Waals surface area contributed by atoms with Crippen LogP contribution < -0.4 is 5.32 Å². The van der Waals surface area contributed by atoms with Crippen LogP contribution in [0.25, 0.3) is 0 Å². The third kappa shape index (κ3) is 6.85. The van der Waals surface area contributed by atoms with Crippen molar-refractivity contribution in [2.45, 2.75) is 73.8 Å². The zero-order valence-corrected chi connectivity index (χ0v) is 15.0. The lowest BCUT2D eigenvalue weighted by Gasteiger charge is -2.35. The van der Waals surface area contributed by atoms with Gasteiger partial charge in [-0.25, -0.2) is 0 Å². The molecule has 0 bridgehead atoms. The summed E-state index contributed by atoms with van der Waals surface area (Å²) in [6.45, 7) is 17.1. The molecule has 3 heteroatoms. The van der Waals surface area contributed by atoms with E-state index in [0.717, 1.165) is 12.8 Å². The van der Waals surface area contributed by atoms with Gasteiger partial charge in [-0.15, -0.1) is 0 Å². The molecular formula is C17H35NO2. The van der Waals surface area contributed by atoms with E-state index in [9.17, 15) is 4.79 Å². The van der Waals surface area contributed by atoms with Crippen molar-refractivity contribution < 1.29 is 9.53 Å². The molecule has 0 fully saturated rings. The van der Waals surface area contributed by atoms with Crippen molar-refractivity contribution in [3.8, 4) is 0 Å². The van der Waals surface area contributed by atoms with Crippen molar-refractivity contribution in [1.82, 2.24) is 5.32 Å². The summed E-state index contributed by atoms with van der Waals surface area (Å²) in [6.07, 6.45) is 1.85. The van der Waals surface area contributed by atoms with E-state index in [4.69, 9.17) is 4.74 Å². The van der Waals surface area contributed by atoms with Gasteiger partial charge < -0.3 is 4.74 Å². The highest BCUT2D eigenvalue weighted by molar-refractivity contribution is 5.88. The number of carbonyl (C=O) groups excluding carboxylic acids is 1. The zero-order valence-electron chi connectivity index (χ0n) is 15.0. The molecule has 0 aromatic heterocycles. The maximum atomic E-state index is 12.5. The first-order valence-corrected chi connectivity index (χ1v) is 7.65. The summed E-state index contributed by atoms with van der Waals surface area (Å²) in [4.78, 5) is 12.5. The number of rotatable bonds is 8. The summed E-state index contributed by atoms with van der Waals surface area (Å²) in [7, 11) is 1.88. The van der Waals surface area contributed by atoms with Crippen LogP contribution in [0.2, 0.25) is 0 Å². The molecule has 0 aromatic carbocycles. The Labute approximate surface area is 125 Å². The van der Waals surface area contributed by atoms with E-state index in [-0.39, 0.29) is 16.4 Å². The van der Waals surface area contributed by atoms with Crippen LogP contribution in [-0.4, -0.2) is 25.2 Å². The van der Waals surface area contributed by atoms with Crippen molar-refractivity contribution >= 4 is 5.78 Å². The van der Waals surface area contributed by atoms with Gasteiger partial charge in [-0.05, 0) is 39.7 Å². The van der Waals surface area contributed by atoms with Gasteiger partial charge in [0.05, 0.1) is 12.3 Å². The number of carbonyl (C=O) groups is 1. The van der Waals surface area contributed by atoms with E-state index in [1.165, 1.54) is 0 Å². The van der Waals surface area contributed by atoms with Crippen molar-refractivity contribution in [3.05, 3.63) is 0 Å². The average Bonchev–Trinajstić information content (AvgIpc) is 2.22. The van der Waals surface area contributed by atoms with Crippen LogP contribution in [0.15, 0.2) is 0 Å². The van der Waals surface area contributed by atoms with E-state index < -0.39 is 0 Å². The molecule has 0 spiro atoms. The van der Waals surface area contributed by atoms with Crippen LogP contribution in [0.4, 0.5) is 0 Å². The molecule has 20 heavy (non-hydrogen) atoms. The fourth-order valence-electron chi connectivity index (χ4n) is 3.22. The highest BCUT2D eigenvalue weighted by Gasteiger charge is 2.37. The Balaban J connectivity index is 4.59. The predicted octanol–water partition coefficient (Wildman–Crippen LogP) is 4.02. The molecule has 0 rings (SSSR count). The van der Waals surface area contributed by atoms with E-state index in [2.05, 4.69) is 39.9 Å². The van der Waals surface area contributed by atoms with Crippen molar-refractivity contribution in [1.29, 1.82) is 0 Å². The molecular weight excluding hydrogens is 250 g/mol.